The van der Waals surface area contributed by atoms with Crippen LogP contribution in [0.5, 0.6) is 11.5 Å². The highest BCUT2D eigenvalue weighted by atomic mass is 19.4. The van der Waals surface area contributed by atoms with Crippen molar-refractivity contribution in [3.8, 4) is 22.6 Å². The van der Waals surface area contributed by atoms with Gasteiger partial charge in [-0.2, -0.15) is 0 Å². The molecular formula is C25H30F3NO5. The summed E-state index contributed by atoms with van der Waals surface area (Å²) < 4.78 is 54.1. The third kappa shape index (κ3) is 7.55. The van der Waals surface area contributed by atoms with Crippen LogP contribution in [-0.4, -0.2) is 47.8 Å². The minimum absolute atomic E-state index is 0.00404. The van der Waals surface area contributed by atoms with Gasteiger partial charge >= 0.3 is 12.5 Å². The molecule has 0 spiro atoms. The van der Waals surface area contributed by atoms with Crippen molar-refractivity contribution in [2.24, 2.45) is 5.92 Å². The van der Waals surface area contributed by atoms with E-state index in [2.05, 4.69) is 4.74 Å². The third-order valence-electron chi connectivity index (χ3n) is 5.38. The Balaban J connectivity index is 1.67. The predicted octanol–water partition coefficient (Wildman–Crippen LogP) is 5.77. The number of carbonyl (C=O) groups is 1. The van der Waals surface area contributed by atoms with Gasteiger partial charge in [0.15, 0.2) is 11.5 Å². The first kappa shape index (κ1) is 25.7. The molecule has 1 N–H and O–H groups in total. The van der Waals surface area contributed by atoms with Crippen LogP contribution in [-0.2, 0) is 11.3 Å². The maximum absolute atomic E-state index is 12.9. The molecule has 0 saturated carbocycles. The molecule has 2 aromatic carbocycles. The SMILES string of the molecule is CC(C)(C)OC(=O)N1CCC(COc2cc(-c3ccc(CO)cc3)ccc2OC(F)(F)F)CC1. The smallest absolute Gasteiger partial charge is 0.489 e. The maximum atomic E-state index is 12.9. The quantitative estimate of drug-likeness (QED) is 0.567. The molecule has 0 atom stereocenters. The van der Waals surface area contributed by atoms with E-state index in [1.54, 1.807) is 49.9 Å². The second-order valence-electron chi connectivity index (χ2n) is 9.29. The molecule has 6 nitrogen and oxygen atoms in total. The van der Waals surface area contributed by atoms with Crippen molar-refractivity contribution in [1.29, 1.82) is 0 Å². The Morgan fingerprint density at radius 3 is 2.18 bits per heavy atom. The van der Waals surface area contributed by atoms with Crippen LogP contribution in [0.25, 0.3) is 11.1 Å². The van der Waals surface area contributed by atoms with Crippen molar-refractivity contribution < 1.29 is 37.3 Å². The van der Waals surface area contributed by atoms with Gasteiger partial charge in [-0.3, -0.25) is 0 Å². The Hall–Kier alpha value is -2.94. The zero-order chi connectivity index (χ0) is 24.9. The Labute approximate surface area is 197 Å². The molecule has 2 aromatic rings. The number of likely N-dealkylation sites (tertiary alicyclic amines) is 1. The van der Waals surface area contributed by atoms with Crippen molar-refractivity contribution in [3.05, 3.63) is 48.0 Å². The van der Waals surface area contributed by atoms with Crippen molar-refractivity contribution in [2.75, 3.05) is 19.7 Å². The first-order valence-corrected chi connectivity index (χ1v) is 11.1. The van der Waals surface area contributed by atoms with Crippen LogP contribution < -0.4 is 9.47 Å². The molecule has 1 aliphatic rings. The van der Waals surface area contributed by atoms with Crippen LogP contribution in [0.2, 0.25) is 0 Å². The summed E-state index contributed by atoms with van der Waals surface area (Å²) in [6.07, 6.45) is -3.91. The van der Waals surface area contributed by atoms with Gasteiger partial charge in [0.05, 0.1) is 13.2 Å². The summed E-state index contributed by atoms with van der Waals surface area (Å²) in [6, 6.07) is 11.3. The second-order valence-corrected chi connectivity index (χ2v) is 9.29. The van der Waals surface area contributed by atoms with Crippen LogP contribution in [0.15, 0.2) is 42.5 Å². The summed E-state index contributed by atoms with van der Waals surface area (Å²) in [5.41, 5.74) is 1.59. The van der Waals surface area contributed by atoms with Crippen LogP contribution in [0.3, 0.4) is 0 Å². The van der Waals surface area contributed by atoms with E-state index in [-0.39, 0.29) is 31.0 Å². The van der Waals surface area contributed by atoms with E-state index < -0.39 is 17.7 Å². The molecule has 3 rings (SSSR count). The number of hydrogen-bond acceptors (Lipinski definition) is 5. The number of hydrogen-bond donors (Lipinski definition) is 1. The molecule has 1 amide bonds. The summed E-state index contributed by atoms with van der Waals surface area (Å²) >= 11 is 0. The first-order valence-electron chi connectivity index (χ1n) is 11.1. The lowest BCUT2D eigenvalue weighted by molar-refractivity contribution is -0.275. The minimum atomic E-state index is -4.85. The number of rotatable bonds is 6. The number of benzene rings is 2. The normalized spacial score (nSPS) is 15.2. The third-order valence-corrected chi connectivity index (χ3v) is 5.38. The Kier molecular flexibility index (Phi) is 7.97. The molecule has 0 aromatic heterocycles. The van der Waals surface area contributed by atoms with E-state index in [0.29, 0.717) is 31.5 Å². The molecule has 1 heterocycles. The lowest BCUT2D eigenvalue weighted by atomic mass is 9.98. The molecule has 9 heteroatoms. The average molecular weight is 482 g/mol. The first-order chi connectivity index (χ1) is 15.9. The van der Waals surface area contributed by atoms with Crippen molar-refractivity contribution in [3.63, 3.8) is 0 Å². The number of carbonyl (C=O) groups excluding carboxylic acids is 1. The number of aliphatic hydroxyl groups excluding tert-OH is 1. The molecule has 1 aliphatic heterocycles. The van der Waals surface area contributed by atoms with E-state index in [9.17, 15) is 23.1 Å². The van der Waals surface area contributed by atoms with E-state index >= 15 is 0 Å². The average Bonchev–Trinajstić information content (AvgIpc) is 2.76. The molecule has 1 fully saturated rings. The van der Waals surface area contributed by atoms with Crippen LogP contribution in [0.4, 0.5) is 18.0 Å². The number of ether oxygens (including phenoxy) is 3. The van der Waals surface area contributed by atoms with Crippen molar-refractivity contribution in [1.82, 2.24) is 4.90 Å². The zero-order valence-electron chi connectivity index (χ0n) is 19.5. The lowest BCUT2D eigenvalue weighted by Gasteiger charge is -2.33. The van der Waals surface area contributed by atoms with E-state index in [4.69, 9.17) is 9.47 Å². The highest BCUT2D eigenvalue weighted by Gasteiger charge is 2.33. The highest BCUT2D eigenvalue weighted by Crippen LogP contribution is 2.37. The molecule has 34 heavy (non-hydrogen) atoms. The second kappa shape index (κ2) is 10.5. The van der Waals surface area contributed by atoms with Gasteiger partial charge in [-0.1, -0.05) is 30.3 Å². The monoisotopic (exact) mass is 481 g/mol. The van der Waals surface area contributed by atoms with Gasteiger partial charge < -0.3 is 24.2 Å². The topological polar surface area (TPSA) is 68.2 Å². The van der Waals surface area contributed by atoms with Gasteiger partial charge in [0.2, 0.25) is 0 Å². The van der Waals surface area contributed by atoms with Crippen molar-refractivity contribution in [2.45, 2.75) is 52.2 Å². The van der Waals surface area contributed by atoms with Crippen LogP contribution in [0, 0.1) is 5.92 Å². The van der Waals surface area contributed by atoms with Gasteiger partial charge in [-0.05, 0) is 68.4 Å². The summed E-state index contributed by atoms with van der Waals surface area (Å²) in [5.74, 6) is -0.338. The summed E-state index contributed by atoms with van der Waals surface area (Å²) in [7, 11) is 0. The van der Waals surface area contributed by atoms with Gasteiger partial charge in [-0.15, -0.1) is 13.2 Å². The lowest BCUT2D eigenvalue weighted by Crippen LogP contribution is -2.42. The summed E-state index contributed by atoms with van der Waals surface area (Å²) in [6.45, 7) is 6.50. The molecule has 0 radical (unpaired) electrons. The fraction of sp³-hybridized carbons (Fsp3) is 0.480. The summed E-state index contributed by atoms with van der Waals surface area (Å²) in [5, 5.41) is 9.21. The number of aliphatic hydroxyl groups is 1. The highest BCUT2D eigenvalue weighted by molar-refractivity contribution is 5.68. The summed E-state index contributed by atoms with van der Waals surface area (Å²) in [4.78, 5) is 13.9. The molecule has 186 valence electrons. The maximum Gasteiger partial charge on any atom is 0.573 e. The Bertz CT molecular complexity index is 962. The Morgan fingerprint density at radius 2 is 1.62 bits per heavy atom. The van der Waals surface area contributed by atoms with E-state index in [1.165, 1.54) is 18.2 Å². The van der Waals surface area contributed by atoms with E-state index in [0.717, 1.165) is 11.1 Å². The minimum Gasteiger partial charge on any atom is -0.489 e. The molecule has 1 saturated heterocycles. The van der Waals surface area contributed by atoms with Gasteiger partial charge in [0, 0.05) is 13.1 Å². The number of amides is 1. The Morgan fingerprint density at radius 1 is 1.00 bits per heavy atom. The van der Waals surface area contributed by atoms with Gasteiger partial charge in [-0.25, -0.2) is 4.79 Å². The van der Waals surface area contributed by atoms with Crippen LogP contribution >= 0.6 is 0 Å². The number of halogens is 3. The fourth-order valence-electron chi connectivity index (χ4n) is 3.63. The van der Waals surface area contributed by atoms with Crippen LogP contribution in [0.1, 0.15) is 39.2 Å². The van der Waals surface area contributed by atoms with Crippen molar-refractivity contribution >= 4 is 6.09 Å². The predicted molar refractivity (Wildman–Crippen MR) is 121 cm³/mol. The number of alkyl halides is 3. The largest absolute Gasteiger partial charge is 0.573 e. The van der Waals surface area contributed by atoms with Gasteiger partial charge in [0.1, 0.15) is 5.60 Å². The molecule has 0 bridgehead atoms. The van der Waals surface area contributed by atoms with Gasteiger partial charge in [0.25, 0.3) is 0 Å². The fourth-order valence-corrected chi connectivity index (χ4v) is 3.63. The molecule has 0 unspecified atom stereocenters. The zero-order valence-corrected chi connectivity index (χ0v) is 19.5. The molecular weight excluding hydrogens is 451 g/mol. The van der Waals surface area contributed by atoms with E-state index in [1.807, 2.05) is 0 Å². The molecule has 0 aliphatic carbocycles. The number of nitrogens with zero attached hydrogens (tertiary/aromatic N) is 1. The standard InChI is InChI=1S/C25H30F3NO5/c1-24(2,3)34-23(31)29-12-10-18(11-13-29)16-32-22-14-20(8-9-21(22)33-25(26,27)28)19-6-4-17(15-30)5-7-19/h4-9,14,18,30H,10-13,15-16H2,1-3H3. The number of piperidine rings is 1.